The monoisotopic (exact) mass is 452 g/mol. The van der Waals surface area contributed by atoms with Crippen molar-refractivity contribution in [3.63, 3.8) is 0 Å². The number of methoxy groups -OCH3 is 4. The molecule has 3 rings (SSSR count). The molecule has 32 heavy (non-hydrogen) atoms. The fourth-order valence-electron chi connectivity index (χ4n) is 3.20. The minimum atomic E-state index is 0.583. The Morgan fingerprint density at radius 2 is 1.16 bits per heavy atom. The first kappa shape index (κ1) is 23.2. The van der Waals surface area contributed by atoms with Gasteiger partial charge in [0.1, 0.15) is 23.0 Å². The van der Waals surface area contributed by atoms with Crippen LogP contribution in [0.15, 0.2) is 66.7 Å². The minimum Gasteiger partial charge on any atom is -0.497 e. The lowest BCUT2D eigenvalue weighted by Crippen LogP contribution is -2.34. The van der Waals surface area contributed by atoms with Crippen molar-refractivity contribution < 1.29 is 18.9 Å². The maximum atomic E-state index is 5.80. The van der Waals surface area contributed by atoms with E-state index in [4.69, 9.17) is 31.2 Å². The van der Waals surface area contributed by atoms with Crippen molar-refractivity contribution in [3.05, 3.63) is 77.9 Å². The predicted octanol–water partition coefficient (Wildman–Crippen LogP) is 5.12. The number of nitrogens with one attached hydrogen (secondary N) is 1. The summed E-state index contributed by atoms with van der Waals surface area (Å²) in [6, 6.07) is 21.5. The van der Waals surface area contributed by atoms with Crippen molar-refractivity contribution in [2.45, 2.75) is 13.1 Å². The fraction of sp³-hybridized carbons (Fsp3) is 0.240. The predicted molar refractivity (Wildman–Crippen MR) is 131 cm³/mol. The van der Waals surface area contributed by atoms with Gasteiger partial charge in [-0.3, -0.25) is 0 Å². The number of hydrogen-bond acceptors (Lipinski definition) is 5. The van der Waals surface area contributed by atoms with Crippen LogP contribution in [0, 0.1) is 0 Å². The average Bonchev–Trinajstić information content (AvgIpc) is 2.84. The molecule has 0 aliphatic heterocycles. The SMILES string of the molecule is COc1ccc(CN(Cc2ccc(OC)cc2)C(=S)Nc2ccc(OC)cc2OC)cc1. The highest BCUT2D eigenvalue weighted by molar-refractivity contribution is 7.80. The quantitative estimate of drug-likeness (QED) is 0.452. The summed E-state index contributed by atoms with van der Waals surface area (Å²) in [5.74, 6) is 3.01. The summed E-state index contributed by atoms with van der Waals surface area (Å²) in [5, 5.41) is 3.91. The molecule has 3 aromatic rings. The largest absolute Gasteiger partial charge is 0.497 e. The molecule has 0 aliphatic carbocycles. The Hall–Kier alpha value is -3.45. The van der Waals surface area contributed by atoms with E-state index in [0.29, 0.717) is 29.7 Å². The van der Waals surface area contributed by atoms with Crippen LogP contribution in [0.4, 0.5) is 5.69 Å². The molecule has 0 atom stereocenters. The van der Waals surface area contributed by atoms with Crippen molar-refractivity contribution in [1.29, 1.82) is 0 Å². The third-order valence-corrected chi connectivity index (χ3v) is 5.36. The van der Waals surface area contributed by atoms with Gasteiger partial charge in [-0.25, -0.2) is 0 Å². The summed E-state index contributed by atoms with van der Waals surface area (Å²) in [6.07, 6.45) is 0. The van der Waals surface area contributed by atoms with E-state index >= 15 is 0 Å². The lowest BCUT2D eigenvalue weighted by Gasteiger charge is -2.27. The molecule has 168 valence electrons. The van der Waals surface area contributed by atoms with Gasteiger partial charge < -0.3 is 29.2 Å². The number of ether oxygens (including phenoxy) is 4. The van der Waals surface area contributed by atoms with E-state index in [2.05, 4.69) is 10.2 Å². The Balaban J connectivity index is 1.83. The number of benzene rings is 3. The molecule has 7 heteroatoms. The average molecular weight is 453 g/mol. The first-order valence-electron chi connectivity index (χ1n) is 10.1. The zero-order chi connectivity index (χ0) is 22.9. The third-order valence-electron chi connectivity index (χ3n) is 5.00. The standard InChI is InChI=1S/C25H28N2O4S/c1-28-20-9-5-18(6-10-20)16-27(17-19-7-11-21(29-2)12-8-19)25(32)26-23-14-13-22(30-3)15-24(23)31-4/h5-15H,16-17H2,1-4H3,(H,26,32). The second-order valence-electron chi connectivity index (χ2n) is 7.05. The van der Waals surface area contributed by atoms with Crippen molar-refractivity contribution in [2.75, 3.05) is 33.8 Å². The molecule has 0 bridgehead atoms. The van der Waals surface area contributed by atoms with Crippen LogP contribution in [0.25, 0.3) is 0 Å². The molecule has 0 aromatic heterocycles. The number of thiocarbonyl (C=S) groups is 1. The molecule has 0 saturated heterocycles. The van der Waals surface area contributed by atoms with Crippen LogP contribution in [-0.4, -0.2) is 38.5 Å². The van der Waals surface area contributed by atoms with Gasteiger partial charge in [0, 0.05) is 19.2 Å². The van der Waals surface area contributed by atoms with Gasteiger partial charge >= 0.3 is 0 Å². The summed E-state index contributed by atoms with van der Waals surface area (Å²) >= 11 is 5.80. The lowest BCUT2D eigenvalue weighted by atomic mass is 10.1. The van der Waals surface area contributed by atoms with Gasteiger partial charge in [-0.15, -0.1) is 0 Å². The van der Waals surface area contributed by atoms with Crippen molar-refractivity contribution in [1.82, 2.24) is 4.90 Å². The van der Waals surface area contributed by atoms with E-state index in [0.717, 1.165) is 28.3 Å². The van der Waals surface area contributed by atoms with Crippen molar-refractivity contribution >= 4 is 23.0 Å². The molecule has 1 N–H and O–H groups in total. The first-order valence-corrected chi connectivity index (χ1v) is 10.5. The molecule has 0 aliphatic rings. The van der Waals surface area contributed by atoms with Gasteiger partial charge in [0.25, 0.3) is 0 Å². The van der Waals surface area contributed by atoms with E-state index in [1.807, 2.05) is 66.7 Å². The normalized spacial score (nSPS) is 10.2. The Labute approximate surface area is 194 Å². The van der Waals surface area contributed by atoms with Crippen LogP contribution >= 0.6 is 12.2 Å². The zero-order valence-electron chi connectivity index (χ0n) is 18.8. The Bertz CT molecular complexity index is 974. The Morgan fingerprint density at radius 1 is 0.688 bits per heavy atom. The lowest BCUT2D eigenvalue weighted by molar-refractivity contribution is 0.394. The minimum absolute atomic E-state index is 0.583. The van der Waals surface area contributed by atoms with Crippen LogP contribution < -0.4 is 24.3 Å². The number of nitrogens with zero attached hydrogens (tertiary/aromatic N) is 1. The van der Waals surface area contributed by atoms with Gasteiger partial charge in [0.2, 0.25) is 0 Å². The first-order chi connectivity index (χ1) is 15.6. The third kappa shape index (κ3) is 6.04. The molecular weight excluding hydrogens is 424 g/mol. The Morgan fingerprint density at radius 3 is 1.59 bits per heavy atom. The highest BCUT2D eigenvalue weighted by Crippen LogP contribution is 2.29. The topological polar surface area (TPSA) is 52.2 Å². The van der Waals surface area contributed by atoms with E-state index < -0.39 is 0 Å². The molecule has 0 radical (unpaired) electrons. The molecule has 0 saturated carbocycles. The van der Waals surface area contributed by atoms with E-state index in [1.54, 1.807) is 28.4 Å². The highest BCUT2D eigenvalue weighted by atomic mass is 32.1. The van der Waals surface area contributed by atoms with Gasteiger partial charge in [0.05, 0.1) is 34.1 Å². The van der Waals surface area contributed by atoms with Crippen molar-refractivity contribution in [3.8, 4) is 23.0 Å². The van der Waals surface area contributed by atoms with Crippen molar-refractivity contribution in [2.24, 2.45) is 0 Å². The molecule has 0 spiro atoms. The molecular formula is C25H28N2O4S. The number of rotatable bonds is 9. The van der Waals surface area contributed by atoms with E-state index in [1.165, 1.54) is 0 Å². The summed E-state index contributed by atoms with van der Waals surface area (Å²) in [5.41, 5.74) is 3.00. The molecule has 6 nitrogen and oxygen atoms in total. The number of hydrogen-bond donors (Lipinski definition) is 1. The summed E-state index contributed by atoms with van der Waals surface area (Å²) in [7, 11) is 6.56. The summed E-state index contributed by atoms with van der Waals surface area (Å²) in [4.78, 5) is 2.10. The smallest absolute Gasteiger partial charge is 0.174 e. The van der Waals surface area contributed by atoms with Crippen LogP contribution in [-0.2, 0) is 13.1 Å². The summed E-state index contributed by atoms with van der Waals surface area (Å²) < 4.78 is 21.3. The maximum absolute atomic E-state index is 5.80. The van der Waals surface area contributed by atoms with Crippen LogP contribution in [0.5, 0.6) is 23.0 Å². The van der Waals surface area contributed by atoms with Gasteiger partial charge in [-0.2, -0.15) is 0 Å². The Kier molecular flexibility index (Phi) is 8.16. The molecule has 0 heterocycles. The van der Waals surface area contributed by atoms with E-state index in [-0.39, 0.29) is 0 Å². The molecule has 0 unspecified atom stereocenters. The van der Waals surface area contributed by atoms with Crippen LogP contribution in [0.1, 0.15) is 11.1 Å². The van der Waals surface area contributed by atoms with E-state index in [9.17, 15) is 0 Å². The number of anilines is 1. The van der Waals surface area contributed by atoms with Gasteiger partial charge in [-0.05, 0) is 59.7 Å². The van der Waals surface area contributed by atoms with Gasteiger partial charge in [0.15, 0.2) is 5.11 Å². The molecule has 3 aromatic carbocycles. The highest BCUT2D eigenvalue weighted by Gasteiger charge is 2.15. The maximum Gasteiger partial charge on any atom is 0.174 e. The molecule has 0 amide bonds. The van der Waals surface area contributed by atoms with Crippen LogP contribution in [0.3, 0.4) is 0 Å². The fourth-order valence-corrected chi connectivity index (χ4v) is 3.44. The zero-order valence-corrected chi connectivity index (χ0v) is 19.6. The van der Waals surface area contributed by atoms with Gasteiger partial charge in [-0.1, -0.05) is 24.3 Å². The summed E-state index contributed by atoms with van der Waals surface area (Å²) in [6.45, 7) is 1.25. The molecule has 0 fully saturated rings. The second kappa shape index (κ2) is 11.2. The van der Waals surface area contributed by atoms with Crippen LogP contribution in [0.2, 0.25) is 0 Å². The second-order valence-corrected chi connectivity index (χ2v) is 7.44.